The van der Waals surface area contributed by atoms with Gasteiger partial charge in [0, 0.05) is 48.8 Å². The largest absolute Gasteiger partial charge is 0.393 e. The molecule has 6 heteroatoms. The lowest BCUT2D eigenvalue weighted by Crippen LogP contribution is -2.38. The lowest BCUT2D eigenvalue weighted by atomic mass is 9.93. The van der Waals surface area contributed by atoms with Crippen molar-refractivity contribution in [3.8, 4) is 0 Å². The standard InChI is InChI=1S/C15H23N3O2S/c1-2-5-18-13-4-3-11(19)10-12(13)14(16-18)15(20)17-6-8-21-9-7-17/h11,19H,2-10H2,1H3. The third kappa shape index (κ3) is 2.97. The number of amides is 1. The van der Waals surface area contributed by atoms with Crippen molar-refractivity contribution in [2.45, 2.75) is 45.3 Å². The third-order valence-corrected chi connectivity index (χ3v) is 5.20. The molecule has 0 bridgehead atoms. The summed E-state index contributed by atoms with van der Waals surface area (Å²) in [5.74, 6) is 2.06. The molecule has 1 unspecified atom stereocenters. The number of fused-ring (bicyclic) bond motifs is 1. The van der Waals surface area contributed by atoms with Crippen molar-refractivity contribution in [3.05, 3.63) is 17.0 Å². The Balaban J connectivity index is 1.91. The van der Waals surface area contributed by atoms with E-state index < -0.39 is 0 Å². The zero-order valence-electron chi connectivity index (χ0n) is 12.5. The quantitative estimate of drug-likeness (QED) is 0.915. The van der Waals surface area contributed by atoms with E-state index in [0.29, 0.717) is 12.1 Å². The predicted octanol–water partition coefficient (Wildman–Crippen LogP) is 1.33. The van der Waals surface area contributed by atoms with E-state index in [4.69, 9.17) is 0 Å². The van der Waals surface area contributed by atoms with Crippen LogP contribution in [0.5, 0.6) is 0 Å². The highest BCUT2D eigenvalue weighted by atomic mass is 32.2. The first-order chi connectivity index (χ1) is 10.2. The number of rotatable bonds is 3. The van der Waals surface area contributed by atoms with Gasteiger partial charge in [-0.15, -0.1) is 0 Å². The number of aliphatic hydroxyl groups excluding tert-OH is 1. The molecule has 21 heavy (non-hydrogen) atoms. The molecule has 2 heterocycles. The topological polar surface area (TPSA) is 58.4 Å². The van der Waals surface area contributed by atoms with E-state index in [0.717, 1.165) is 61.7 Å². The van der Waals surface area contributed by atoms with Gasteiger partial charge < -0.3 is 10.0 Å². The number of aliphatic hydroxyl groups is 1. The van der Waals surface area contributed by atoms with Crippen LogP contribution >= 0.6 is 11.8 Å². The fraction of sp³-hybridized carbons (Fsp3) is 0.733. The van der Waals surface area contributed by atoms with Gasteiger partial charge in [0.2, 0.25) is 0 Å². The Kier molecular flexibility index (Phi) is 4.54. The number of carbonyl (C=O) groups is 1. The highest BCUT2D eigenvalue weighted by Gasteiger charge is 2.30. The van der Waals surface area contributed by atoms with Gasteiger partial charge in [-0.05, 0) is 19.3 Å². The highest BCUT2D eigenvalue weighted by molar-refractivity contribution is 7.99. The normalized spacial score (nSPS) is 22.2. The van der Waals surface area contributed by atoms with E-state index in [1.807, 2.05) is 21.3 Å². The summed E-state index contributed by atoms with van der Waals surface area (Å²) in [6.45, 7) is 4.58. The van der Waals surface area contributed by atoms with Gasteiger partial charge in [-0.3, -0.25) is 9.48 Å². The van der Waals surface area contributed by atoms with Crippen LogP contribution in [0, 0.1) is 0 Å². The molecule has 0 spiro atoms. The third-order valence-electron chi connectivity index (χ3n) is 4.26. The first-order valence-corrected chi connectivity index (χ1v) is 8.99. The SMILES string of the molecule is CCCn1nc(C(=O)N2CCSCC2)c2c1CCC(O)C2. The first-order valence-electron chi connectivity index (χ1n) is 7.84. The summed E-state index contributed by atoms with van der Waals surface area (Å²) in [6, 6.07) is 0. The molecule has 116 valence electrons. The smallest absolute Gasteiger partial charge is 0.274 e. The summed E-state index contributed by atoms with van der Waals surface area (Å²) in [5.41, 5.74) is 2.74. The zero-order valence-corrected chi connectivity index (χ0v) is 13.4. The summed E-state index contributed by atoms with van der Waals surface area (Å²) >= 11 is 1.89. The molecule has 1 atom stereocenters. The van der Waals surface area contributed by atoms with Crippen LogP contribution in [0.15, 0.2) is 0 Å². The van der Waals surface area contributed by atoms with Gasteiger partial charge in [-0.2, -0.15) is 16.9 Å². The summed E-state index contributed by atoms with van der Waals surface area (Å²) in [7, 11) is 0. The van der Waals surface area contributed by atoms with E-state index in [-0.39, 0.29) is 12.0 Å². The average molecular weight is 309 g/mol. The van der Waals surface area contributed by atoms with E-state index in [1.54, 1.807) is 0 Å². The molecule has 0 aromatic carbocycles. The molecular weight excluding hydrogens is 286 g/mol. The maximum absolute atomic E-state index is 12.8. The molecule has 1 aromatic heterocycles. The summed E-state index contributed by atoms with van der Waals surface area (Å²) in [6.07, 6.45) is 2.84. The molecular formula is C15H23N3O2S. The molecule has 1 aliphatic carbocycles. The number of nitrogens with zero attached hydrogens (tertiary/aromatic N) is 3. The van der Waals surface area contributed by atoms with E-state index in [1.165, 1.54) is 0 Å². The molecule has 1 aromatic rings. The van der Waals surface area contributed by atoms with Crippen LogP contribution in [-0.4, -0.2) is 56.4 Å². The van der Waals surface area contributed by atoms with Crippen LogP contribution in [0.1, 0.15) is 41.5 Å². The summed E-state index contributed by atoms with van der Waals surface area (Å²) in [5, 5.41) is 14.5. The fourth-order valence-electron chi connectivity index (χ4n) is 3.15. The van der Waals surface area contributed by atoms with Crippen molar-refractivity contribution in [2.24, 2.45) is 0 Å². The lowest BCUT2D eigenvalue weighted by molar-refractivity contribution is 0.0763. The predicted molar refractivity (Wildman–Crippen MR) is 83.8 cm³/mol. The van der Waals surface area contributed by atoms with Gasteiger partial charge in [0.25, 0.3) is 5.91 Å². The van der Waals surface area contributed by atoms with E-state index >= 15 is 0 Å². The number of aromatic nitrogens is 2. The maximum Gasteiger partial charge on any atom is 0.274 e. The molecule has 1 saturated heterocycles. The molecule has 0 saturated carbocycles. The van der Waals surface area contributed by atoms with Crippen molar-refractivity contribution >= 4 is 17.7 Å². The molecule has 1 aliphatic heterocycles. The van der Waals surface area contributed by atoms with Crippen molar-refractivity contribution in [3.63, 3.8) is 0 Å². The van der Waals surface area contributed by atoms with Crippen LogP contribution in [0.25, 0.3) is 0 Å². The first kappa shape index (κ1) is 14.9. The second-order valence-corrected chi connectivity index (χ2v) is 7.02. The van der Waals surface area contributed by atoms with Gasteiger partial charge >= 0.3 is 0 Å². The van der Waals surface area contributed by atoms with Crippen LogP contribution in [0.4, 0.5) is 0 Å². The average Bonchev–Trinajstić information content (AvgIpc) is 2.86. The number of hydrogen-bond donors (Lipinski definition) is 1. The maximum atomic E-state index is 12.8. The monoisotopic (exact) mass is 309 g/mol. The molecule has 0 radical (unpaired) electrons. The van der Waals surface area contributed by atoms with Crippen molar-refractivity contribution < 1.29 is 9.90 Å². The Bertz CT molecular complexity index is 523. The molecule has 3 rings (SSSR count). The lowest BCUT2D eigenvalue weighted by Gasteiger charge is -2.26. The molecule has 1 N–H and O–H groups in total. The minimum Gasteiger partial charge on any atom is -0.393 e. The van der Waals surface area contributed by atoms with E-state index in [2.05, 4.69) is 12.0 Å². The fourth-order valence-corrected chi connectivity index (χ4v) is 4.06. The summed E-state index contributed by atoms with van der Waals surface area (Å²) < 4.78 is 1.99. The number of thioether (sulfide) groups is 1. The van der Waals surface area contributed by atoms with E-state index in [9.17, 15) is 9.90 Å². The molecule has 1 amide bonds. The summed E-state index contributed by atoms with van der Waals surface area (Å²) in [4.78, 5) is 14.7. The number of hydrogen-bond acceptors (Lipinski definition) is 4. The van der Waals surface area contributed by atoms with Gasteiger partial charge in [-0.25, -0.2) is 0 Å². The van der Waals surface area contributed by atoms with Crippen LogP contribution in [0.3, 0.4) is 0 Å². The Morgan fingerprint density at radius 3 is 2.90 bits per heavy atom. The van der Waals surface area contributed by atoms with Crippen molar-refractivity contribution in [1.82, 2.24) is 14.7 Å². The highest BCUT2D eigenvalue weighted by Crippen LogP contribution is 2.26. The molecule has 2 aliphatic rings. The van der Waals surface area contributed by atoms with Gasteiger partial charge in [0.1, 0.15) is 0 Å². The Morgan fingerprint density at radius 1 is 1.43 bits per heavy atom. The molecule has 1 fully saturated rings. The second kappa shape index (κ2) is 6.40. The number of carbonyl (C=O) groups excluding carboxylic acids is 1. The Morgan fingerprint density at radius 2 is 2.19 bits per heavy atom. The minimum atomic E-state index is -0.333. The Labute approximate surface area is 129 Å². The zero-order chi connectivity index (χ0) is 14.8. The minimum absolute atomic E-state index is 0.0514. The van der Waals surface area contributed by atoms with Crippen molar-refractivity contribution in [2.75, 3.05) is 24.6 Å². The van der Waals surface area contributed by atoms with Crippen molar-refractivity contribution in [1.29, 1.82) is 0 Å². The van der Waals surface area contributed by atoms with Crippen LogP contribution in [-0.2, 0) is 19.4 Å². The number of aryl methyl sites for hydroxylation is 1. The molecule has 5 nitrogen and oxygen atoms in total. The van der Waals surface area contributed by atoms with Crippen LogP contribution < -0.4 is 0 Å². The second-order valence-electron chi connectivity index (χ2n) is 5.80. The Hall–Kier alpha value is -1.01. The van der Waals surface area contributed by atoms with Crippen LogP contribution in [0.2, 0.25) is 0 Å². The van der Waals surface area contributed by atoms with Gasteiger partial charge in [-0.1, -0.05) is 6.92 Å². The van der Waals surface area contributed by atoms with Gasteiger partial charge in [0.15, 0.2) is 5.69 Å². The van der Waals surface area contributed by atoms with Gasteiger partial charge in [0.05, 0.1) is 6.10 Å².